The van der Waals surface area contributed by atoms with E-state index in [9.17, 15) is 8.42 Å². The molecule has 0 heterocycles. The van der Waals surface area contributed by atoms with Crippen molar-refractivity contribution in [2.75, 3.05) is 33.7 Å². The Labute approximate surface area is 118 Å². The van der Waals surface area contributed by atoms with Gasteiger partial charge in [-0.25, -0.2) is 4.72 Å². The standard InChI is InChI=1S/C13H29N3O2S/c1-12(2)11(13(12,3)4)10-15-19(17,18)16(6)9-7-8-14-5/h11,14-15H,7-10H2,1-6H3. The Morgan fingerprint density at radius 1 is 1.16 bits per heavy atom. The largest absolute Gasteiger partial charge is 0.320 e. The normalized spacial score (nSPS) is 21.8. The first-order valence-corrected chi connectivity index (χ1v) is 8.37. The van der Waals surface area contributed by atoms with Crippen LogP contribution in [0.5, 0.6) is 0 Å². The highest BCUT2D eigenvalue weighted by Gasteiger charge is 2.64. The van der Waals surface area contributed by atoms with Crippen LogP contribution in [0.2, 0.25) is 0 Å². The zero-order valence-electron chi connectivity index (χ0n) is 13.1. The highest BCUT2D eigenvalue weighted by atomic mass is 32.2. The van der Waals surface area contributed by atoms with Gasteiger partial charge in [-0.1, -0.05) is 27.7 Å². The van der Waals surface area contributed by atoms with Gasteiger partial charge in [0.25, 0.3) is 10.2 Å². The summed E-state index contributed by atoms with van der Waals surface area (Å²) in [4.78, 5) is 0. The van der Waals surface area contributed by atoms with Gasteiger partial charge in [0.05, 0.1) is 0 Å². The van der Waals surface area contributed by atoms with Crippen LogP contribution in [0.3, 0.4) is 0 Å². The molecule has 0 radical (unpaired) electrons. The molecule has 0 amide bonds. The molecular weight excluding hydrogens is 262 g/mol. The van der Waals surface area contributed by atoms with Crippen LogP contribution in [-0.4, -0.2) is 46.5 Å². The molecule has 0 aromatic heterocycles. The number of nitrogens with zero attached hydrogens (tertiary/aromatic N) is 1. The van der Waals surface area contributed by atoms with Gasteiger partial charge in [-0.2, -0.15) is 12.7 Å². The predicted molar refractivity (Wildman–Crippen MR) is 79.1 cm³/mol. The van der Waals surface area contributed by atoms with Crippen molar-refractivity contribution in [2.24, 2.45) is 16.7 Å². The Balaban J connectivity index is 2.44. The first-order valence-electron chi connectivity index (χ1n) is 6.93. The van der Waals surface area contributed by atoms with E-state index in [1.807, 2.05) is 7.05 Å². The van der Waals surface area contributed by atoms with Gasteiger partial charge in [-0.05, 0) is 36.8 Å². The third-order valence-corrected chi connectivity index (χ3v) is 6.63. The molecule has 0 atom stereocenters. The van der Waals surface area contributed by atoms with Crippen molar-refractivity contribution in [3.8, 4) is 0 Å². The molecule has 5 nitrogen and oxygen atoms in total. The van der Waals surface area contributed by atoms with E-state index in [1.165, 1.54) is 4.31 Å². The van der Waals surface area contributed by atoms with Gasteiger partial charge in [0.2, 0.25) is 0 Å². The summed E-state index contributed by atoms with van der Waals surface area (Å²) in [6.45, 7) is 10.7. The van der Waals surface area contributed by atoms with Crippen molar-refractivity contribution in [1.29, 1.82) is 0 Å². The third-order valence-electron chi connectivity index (χ3n) is 5.10. The zero-order valence-corrected chi connectivity index (χ0v) is 13.9. The molecule has 1 fully saturated rings. The van der Waals surface area contributed by atoms with Crippen LogP contribution in [0.1, 0.15) is 34.1 Å². The van der Waals surface area contributed by atoms with Gasteiger partial charge >= 0.3 is 0 Å². The van der Waals surface area contributed by atoms with Crippen molar-refractivity contribution in [1.82, 2.24) is 14.3 Å². The molecule has 1 saturated carbocycles. The summed E-state index contributed by atoms with van der Waals surface area (Å²) >= 11 is 0. The molecule has 0 saturated heterocycles. The molecule has 1 aliphatic rings. The lowest BCUT2D eigenvalue weighted by Crippen LogP contribution is -2.40. The maximum absolute atomic E-state index is 12.1. The van der Waals surface area contributed by atoms with E-state index in [-0.39, 0.29) is 10.8 Å². The number of rotatable bonds is 8. The Morgan fingerprint density at radius 2 is 1.68 bits per heavy atom. The first kappa shape index (κ1) is 16.9. The van der Waals surface area contributed by atoms with E-state index in [0.29, 0.717) is 19.0 Å². The fourth-order valence-electron chi connectivity index (χ4n) is 2.74. The smallest absolute Gasteiger partial charge is 0.279 e. The second-order valence-corrected chi connectivity index (χ2v) is 8.49. The van der Waals surface area contributed by atoms with E-state index in [1.54, 1.807) is 7.05 Å². The lowest BCUT2D eigenvalue weighted by molar-refractivity contribution is 0.442. The maximum atomic E-state index is 12.1. The zero-order chi connectivity index (χ0) is 14.9. The fraction of sp³-hybridized carbons (Fsp3) is 1.00. The Kier molecular flexibility index (Phi) is 5.04. The molecule has 0 unspecified atom stereocenters. The van der Waals surface area contributed by atoms with E-state index in [0.717, 1.165) is 13.0 Å². The van der Waals surface area contributed by atoms with Gasteiger partial charge in [-0.15, -0.1) is 0 Å². The van der Waals surface area contributed by atoms with E-state index in [4.69, 9.17) is 0 Å². The monoisotopic (exact) mass is 291 g/mol. The summed E-state index contributed by atoms with van der Waals surface area (Å²) in [6, 6.07) is 0. The van der Waals surface area contributed by atoms with Crippen molar-refractivity contribution >= 4 is 10.2 Å². The maximum Gasteiger partial charge on any atom is 0.279 e. The summed E-state index contributed by atoms with van der Waals surface area (Å²) < 4.78 is 28.3. The fourth-order valence-corrected chi connectivity index (χ4v) is 3.71. The van der Waals surface area contributed by atoms with Crippen molar-refractivity contribution < 1.29 is 8.42 Å². The molecule has 0 spiro atoms. The quantitative estimate of drug-likeness (QED) is 0.657. The van der Waals surface area contributed by atoms with E-state index >= 15 is 0 Å². The van der Waals surface area contributed by atoms with E-state index in [2.05, 4.69) is 37.7 Å². The minimum Gasteiger partial charge on any atom is -0.320 e. The highest BCUT2D eigenvalue weighted by molar-refractivity contribution is 7.87. The molecule has 19 heavy (non-hydrogen) atoms. The summed E-state index contributed by atoms with van der Waals surface area (Å²) in [7, 11) is 0.151. The summed E-state index contributed by atoms with van der Waals surface area (Å²) in [5, 5.41) is 3.01. The molecule has 0 aliphatic heterocycles. The van der Waals surface area contributed by atoms with Crippen LogP contribution in [0.25, 0.3) is 0 Å². The molecule has 2 N–H and O–H groups in total. The van der Waals surface area contributed by atoms with Crippen LogP contribution in [0, 0.1) is 16.7 Å². The highest BCUT2D eigenvalue weighted by Crippen LogP contribution is 2.67. The van der Waals surface area contributed by atoms with Crippen LogP contribution in [0.15, 0.2) is 0 Å². The first-order chi connectivity index (χ1) is 8.57. The summed E-state index contributed by atoms with van der Waals surface area (Å²) in [5.41, 5.74) is 0.417. The average molecular weight is 291 g/mol. The number of nitrogens with one attached hydrogen (secondary N) is 2. The molecular formula is C13H29N3O2S. The Hall–Kier alpha value is -0.170. The second kappa shape index (κ2) is 5.68. The van der Waals surface area contributed by atoms with Crippen molar-refractivity contribution in [3.05, 3.63) is 0 Å². The lowest BCUT2D eigenvalue weighted by atomic mass is 10.0. The molecule has 0 aromatic carbocycles. The van der Waals surface area contributed by atoms with Crippen molar-refractivity contribution in [2.45, 2.75) is 34.1 Å². The molecule has 114 valence electrons. The van der Waals surface area contributed by atoms with Crippen LogP contribution < -0.4 is 10.0 Å². The third kappa shape index (κ3) is 3.48. The molecule has 1 aliphatic carbocycles. The van der Waals surface area contributed by atoms with Crippen LogP contribution in [-0.2, 0) is 10.2 Å². The predicted octanol–water partition coefficient (Wildman–Crippen LogP) is 1.04. The van der Waals surface area contributed by atoms with Gasteiger partial charge < -0.3 is 5.32 Å². The minimum absolute atomic E-state index is 0.209. The topological polar surface area (TPSA) is 61.4 Å². The number of hydrogen-bond acceptors (Lipinski definition) is 3. The second-order valence-electron chi connectivity index (χ2n) is 6.63. The molecule has 0 bridgehead atoms. The SMILES string of the molecule is CNCCCN(C)S(=O)(=O)NCC1C(C)(C)C1(C)C. The lowest BCUT2D eigenvalue weighted by Gasteiger charge is -2.18. The van der Waals surface area contributed by atoms with Gasteiger partial charge in [-0.3, -0.25) is 0 Å². The van der Waals surface area contributed by atoms with Gasteiger partial charge in [0.15, 0.2) is 0 Å². The number of hydrogen-bond donors (Lipinski definition) is 2. The molecule has 6 heteroatoms. The molecule has 0 aromatic rings. The van der Waals surface area contributed by atoms with Crippen LogP contribution >= 0.6 is 0 Å². The van der Waals surface area contributed by atoms with Gasteiger partial charge in [0, 0.05) is 20.1 Å². The van der Waals surface area contributed by atoms with Crippen molar-refractivity contribution in [3.63, 3.8) is 0 Å². The average Bonchev–Trinajstić information content (AvgIpc) is 2.67. The minimum atomic E-state index is -3.34. The molecule has 1 rings (SSSR count). The summed E-state index contributed by atoms with van der Waals surface area (Å²) in [6.07, 6.45) is 0.814. The van der Waals surface area contributed by atoms with Crippen LogP contribution in [0.4, 0.5) is 0 Å². The van der Waals surface area contributed by atoms with E-state index < -0.39 is 10.2 Å². The Morgan fingerprint density at radius 3 is 2.11 bits per heavy atom. The van der Waals surface area contributed by atoms with Gasteiger partial charge in [0.1, 0.15) is 0 Å². The summed E-state index contributed by atoms with van der Waals surface area (Å²) in [5.74, 6) is 0.403. The Bertz CT molecular complexity index is 390.